The first-order chi connectivity index (χ1) is 6.68. The van der Waals surface area contributed by atoms with Gasteiger partial charge in [0.15, 0.2) is 0 Å². The van der Waals surface area contributed by atoms with Crippen LogP contribution in [0.3, 0.4) is 0 Å². The summed E-state index contributed by atoms with van der Waals surface area (Å²) in [7, 11) is 0. The third-order valence-electron chi connectivity index (χ3n) is 1.34. The minimum Gasteiger partial charge on any atom is -0.367 e. The molecule has 0 aliphatic heterocycles. The molecule has 0 aliphatic carbocycles. The molecule has 1 amide bonds. The van der Waals surface area contributed by atoms with E-state index in [9.17, 15) is 4.79 Å². The lowest BCUT2D eigenvalue weighted by atomic mass is 10.5. The number of carbonyl (C=O) groups excluding carboxylic acids is 1. The number of nitrogens with zero attached hydrogens (tertiary/aromatic N) is 3. The van der Waals surface area contributed by atoms with Gasteiger partial charge in [0.25, 0.3) is 0 Å². The van der Waals surface area contributed by atoms with Crippen molar-refractivity contribution in [1.82, 2.24) is 20.5 Å². The molecule has 0 aromatic carbocycles. The first kappa shape index (κ1) is 10.6. The highest BCUT2D eigenvalue weighted by molar-refractivity contribution is 6.28. The van der Waals surface area contributed by atoms with Crippen molar-refractivity contribution in [3.8, 4) is 0 Å². The molecule has 76 valence electrons. The maximum atomic E-state index is 10.5. The summed E-state index contributed by atoms with van der Waals surface area (Å²) in [6.45, 7) is 2.55. The Bertz CT molecular complexity index is 319. The van der Waals surface area contributed by atoms with E-state index in [-0.39, 0.29) is 11.2 Å². The highest BCUT2D eigenvalue weighted by Crippen LogP contribution is 2.02. The second-order valence-electron chi connectivity index (χ2n) is 2.52. The molecule has 7 heteroatoms. The van der Waals surface area contributed by atoms with Crippen LogP contribution in [-0.4, -0.2) is 34.2 Å². The first-order valence-electron chi connectivity index (χ1n) is 4.02. The molecule has 0 saturated heterocycles. The van der Waals surface area contributed by atoms with Gasteiger partial charge in [-0.05, 0) is 11.6 Å². The minimum absolute atomic E-state index is 0.0642. The highest BCUT2D eigenvalue weighted by Gasteiger charge is 1.96. The molecule has 0 aliphatic rings. The average molecular weight is 216 g/mol. The molecular weight excluding hydrogens is 206 g/mol. The molecule has 1 heterocycles. The number of amides is 1. The molecule has 0 spiro atoms. The van der Waals surface area contributed by atoms with E-state index in [4.69, 9.17) is 11.6 Å². The summed E-state index contributed by atoms with van der Waals surface area (Å²) in [5.74, 6) is 0.473. The smallest absolute Gasteiger partial charge is 0.244 e. The maximum Gasteiger partial charge on any atom is 0.244 e. The van der Waals surface area contributed by atoms with E-state index < -0.39 is 0 Å². The van der Waals surface area contributed by atoms with E-state index >= 15 is 0 Å². The Balaban J connectivity index is 2.28. The zero-order valence-corrected chi connectivity index (χ0v) is 8.38. The van der Waals surface area contributed by atoms with Crippen molar-refractivity contribution in [2.75, 3.05) is 18.4 Å². The van der Waals surface area contributed by atoms with Crippen LogP contribution in [0.5, 0.6) is 0 Å². The molecule has 0 fully saturated rings. The fraction of sp³-hybridized carbons (Fsp3) is 0.429. The molecule has 2 N–H and O–H groups in total. The topological polar surface area (TPSA) is 79.8 Å². The van der Waals surface area contributed by atoms with Gasteiger partial charge in [-0.1, -0.05) is 0 Å². The van der Waals surface area contributed by atoms with Crippen molar-refractivity contribution in [1.29, 1.82) is 0 Å². The number of carbonyl (C=O) groups is 1. The van der Waals surface area contributed by atoms with Crippen molar-refractivity contribution in [3.05, 3.63) is 11.5 Å². The molecule has 1 aromatic rings. The fourth-order valence-corrected chi connectivity index (χ4v) is 0.931. The summed E-state index contributed by atoms with van der Waals surface area (Å²) in [5.41, 5.74) is 0. The second kappa shape index (κ2) is 5.33. The molecule has 1 aromatic heterocycles. The third-order valence-corrected chi connectivity index (χ3v) is 1.50. The van der Waals surface area contributed by atoms with Crippen LogP contribution in [0.15, 0.2) is 6.20 Å². The van der Waals surface area contributed by atoms with Gasteiger partial charge in [-0.2, -0.15) is 10.1 Å². The van der Waals surface area contributed by atoms with Gasteiger partial charge >= 0.3 is 0 Å². The number of rotatable bonds is 4. The highest BCUT2D eigenvalue weighted by atomic mass is 35.5. The molecule has 0 radical (unpaired) electrons. The summed E-state index contributed by atoms with van der Waals surface area (Å²) >= 11 is 5.51. The lowest BCUT2D eigenvalue weighted by Crippen LogP contribution is -2.26. The lowest BCUT2D eigenvalue weighted by molar-refractivity contribution is -0.118. The van der Waals surface area contributed by atoms with Crippen LogP contribution in [0.1, 0.15) is 6.92 Å². The Morgan fingerprint density at radius 2 is 2.36 bits per heavy atom. The number of hydrogen-bond acceptors (Lipinski definition) is 5. The Hall–Kier alpha value is -1.43. The van der Waals surface area contributed by atoms with Crippen molar-refractivity contribution in [3.63, 3.8) is 0 Å². The van der Waals surface area contributed by atoms with E-state index in [1.807, 2.05) is 0 Å². The molecule has 6 nitrogen and oxygen atoms in total. The zero-order valence-electron chi connectivity index (χ0n) is 7.62. The van der Waals surface area contributed by atoms with Crippen LogP contribution >= 0.6 is 11.6 Å². The maximum absolute atomic E-state index is 10.5. The first-order valence-corrected chi connectivity index (χ1v) is 4.40. The number of aromatic nitrogens is 3. The molecule has 1 rings (SSSR count). The summed E-state index contributed by atoms with van der Waals surface area (Å²) in [5, 5.41) is 12.7. The van der Waals surface area contributed by atoms with Gasteiger partial charge in [-0.3, -0.25) is 4.79 Å². The molecule has 0 atom stereocenters. The van der Waals surface area contributed by atoms with Gasteiger partial charge in [0.1, 0.15) is 5.82 Å². The summed E-state index contributed by atoms with van der Waals surface area (Å²) in [4.78, 5) is 14.4. The van der Waals surface area contributed by atoms with Gasteiger partial charge in [0.2, 0.25) is 11.2 Å². The van der Waals surface area contributed by atoms with Crippen LogP contribution < -0.4 is 10.6 Å². The quantitative estimate of drug-likeness (QED) is 0.695. The lowest BCUT2D eigenvalue weighted by Gasteiger charge is -2.04. The van der Waals surface area contributed by atoms with Crippen molar-refractivity contribution < 1.29 is 4.79 Å². The summed E-state index contributed by atoms with van der Waals surface area (Å²) in [6, 6.07) is 0. The summed E-state index contributed by atoms with van der Waals surface area (Å²) in [6.07, 6.45) is 1.46. The Morgan fingerprint density at radius 3 is 3.00 bits per heavy atom. The van der Waals surface area contributed by atoms with Crippen molar-refractivity contribution in [2.45, 2.75) is 6.92 Å². The number of nitrogens with one attached hydrogen (secondary N) is 2. The van der Waals surface area contributed by atoms with Crippen LogP contribution in [0.4, 0.5) is 5.82 Å². The van der Waals surface area contributed by atoms with Crippen molar-refractivity contribution >= 4 is 23.3 Å². The number of hydrogen-bond donors (Lipinski definition) is 2. The standard InChI is InChI=1S/C7H10ClN5O/c1-5(14)9-2-3-10-6-4-11-13-7(8)12-6/h4H,2-3H2,1H3,(H,9,14)(H,10,12,13). The predicted molar refractivity (Wildman–Crippen MR) is 52.0 cm³/mol. The third kappa shape index (κ3) is 3.99. The largest absolute Gasteiger partial charge is 0.367 e. The fourth-order valence-electron chi connectivity index (χ4n) is 0.796. The number of anilines is 1. The van der Waals surface area contributed by atoms with Crippen LogP contribution in [-0.2, 0) is 4.79 Å². The Morgan fingerprint density at radius 1 is 1.57 bits per heavy atom. The second-order valence-corrected chi connectivity index (χ2v) is 2.86. The normalized spacial score (nSPS) is 9.57. The van der Waals surface area contributed by atoms with Crippen LogP contribution in [0.25, 0.3) is 0 Å². The molecule has 0 saturated carbocycles. The van der Waals surface area contributed by atoms with E-state index in [0.29, 0.717) is 18.9 Å². The SMILES string of the molecule is CC(=O)NCCNc1cnnc(Cl)n1. The van der Waals surface area contributed by atoms with Crippen molar-refractivity contribution in [2.24, 2.45) is 0 Å². The number of halogens is 1. The van der Waals surface area contributed by atoms with E-state index in [2.05, 4.69) is 25.8 Å². The van der Waals surface area contributed by atoms with Gasteiger partial charge in [-0.15, -0.1) is 5.10 Å². The average Bonchev–Trinajstić information content (AvgIpc) is 2.12. The molecule has 14 heavy (non-hydrogen) atoms. The van der Waals surface area contributed by atoms with Gasteiger partial charge < -0.3 is 10.6 Å². The minimum atomic E-state index is -0.0642. The molecule has 0 unspecified atom stereocenters. The van der Waals surface area contributed by atoms with Crippen LogP contribution in [0, 0.1) is 0 Å². The Kier molecular flexibility index (Phi) is 4.06. The van der Waals surface area contributed by atoms with Gasteiger partial charge in [-0.25, -0.2) is 0 Å². The zero-order chi connectivity index (χ0) is 10.4. The molecular formula is C7H10ClN5O. The van der Waals surface area contributed by atoms with Gasteiger partial charge in [0, 0.05) is 20.0 Å². The van der Waals surface area contributed by atoms with Crippen LogP contribution in [0.2, 0.25) is 5.28 Å². The predicted octanol–water partition coefficient (Wildman–Crippen LogP) is 0.0730. The molecule has 0 bridgehead atoms. The Labute approximate surface area is 86.1 Å². The summed E-state index contributed by atoms with van der Waals surface area (Å²) < 4.78 is 0. The van der Waals surface area contributed by atoms with Gasteiger partial charge in [0.05, 0.1) is 6.20 Å². The monoisotopic (exact) mass is 215 g/mol. The van der Waals surface area contributed by atoms with E-state index in [0.717, 1.165) is 0 Å². The van der Waals surface area contributed by atoms with E-state index in [1.54, 1.807) is 0 Å². The van der Waals surface area contributed by atoms with E-state index in [1.165, 1.54) is 13.1 Å².